The Labute approximate surface area is 159 Å². The van der Waals surface area contributed by atoms with E-state index >= 15 is 0 Å². The summed E-state index contributed by atoms with van der Waals surface area (Å²) in [6, 6.07) is 12.8. The van der Waals surface area contributed by atoms with Crippen molar-refractivity contribution in [3.8, 4) is 11.5 Å². The minimum Gasteiger partial charge on any atom is -0.493 e. The fourth-order valence-corrected chi connectivity index (χ4v) is 2.29. The van der Waals surface area contributed by atoms with E-state index in [0.29, 0.717) is 23.1 Å². The number of methoxy groups -OCH3 is 1. The first-order valence-corrected chi connectivity index (χ1v) is 8.28. The van der Waals surface area contributed by atoms with Gasteiger partial charge in [-0.15, -0.1) is 0 Å². The average Bonchev–Trinajstić information content (AvgIpc) is 2.68. The Bertz CT molecular complexity index is 989. The molecule has 3 rings (SSSR count). The van der Waals surface area contributed by atoms with E-state index in [2.05, 4.69) is 25.7 Å². The van der Waals surface area contributed by atoms with E-state index in [-0.39, 0.29) is 5.82 Å². The summed E-state index contributed by atoms with van der Waals surface area (Å²) in [7, 11) is 1.56. The van der Waals surface area contributed by atoms with Gasteiger partial charge in [0.1, 0.15) is 6.61 Å². The van der Waals surface area contributed by atoms with Crippen LogP contribution in [0.15, 0.2) is 58.6 Å². The topological polar surface area (TPSA) is 101 Å². The summed E-state index contributed by atoms with van der Waals surface area (Å²) in [6.07, 6.45) is 2.92. The van der Waals surface area contributed by atoms with Crippen molar-refractivity contribution in [1.82, 2.24) is 15.2 Å². The van der Waals surface area contributed by atoms with E-state index in [1.54, 1.807) is 25.5 Å². The van der Waals surface area contributed by atoms with Crippen molar-refractivity contribution >= 4 is 23.6 Å². The standard InChI is InChI=1S/C18H16ClN5O3/c1-26-16-8-13(9-20-23-17-10-21-24-18(25)22-17)4-7-15(16)27-11-12-2-5-14(19)6-3-12/h2-10H,11H2,1H3,(H2,22,23,24,25)/b20-9-. The molecule has 0 saturated heterocycles. The fraction of sp³-hybridized carbons (Fsp3) is 0.111. The zero-order chi connectivity index (χ0) is 19.1. The van der Waals surface area contributed by atoms with Gasteiger partial charge < -0.3 is 9.47 Å². The van der Waals surface area contributed by atoms with Gasteiger partial charge in [-0.25, -0.2) is 9.89 Å². The van der Waals surface area contributed by atoms with Crippen molar-refractivity contribution in [3.63, 3.8) is 0 Å². The van der Waals surface area contributed by atoms with Gasteiger partial charge in [-0.05, 0) is 41.5 Å². The molecule has 0 fully saturated rings. The number of ether oxygens (including phenoxy) is 2. The summed E-state index contributed by atoms with van der Waals surface area (Å²) in [6.45, 7) is 0.393. The molecule has 0 saturated carbocycles. The number of nitrogens with one attached hydrogen (secondary N) is 2. The molecule has 0 spiro atoms. The lowest BCUT2D eigenvalue weighted by Gasteiger charge is -2.11. The van der Waals surface area contributed by atoms with Gasteiger partial charge in [-0.1, -0.05) is 23.7 Å². The van der Waals surface area contributed by atoms with E-state index in [4.69, 9.17) is 21.1 Å². The number of nitrogens with zero attached hydrogens (tertiary/aromatic N) is 3. The number of anilines is 1. The molecule has 0 amide bonds. The highest BCUT2D eigenvalue weighted by Gasteiger charge is 2.06. The van der Waals surface area contributed by atoms with Crippen molar-refractivity contribution in [2.45, 2.75) is 6.61 Å². The molecular weight excluding hydrogens is 370 g/mol. The highest BCUT2D eigenvalue weighted by molar-refractivity contribution is 6.30. The van der Waals surface area contributed by atoms with E-state index in [0.717, 1.165) is 11.1 Å². The van der Waals surface area contributed by atoms with Crippen LogP contribution in [0.25, 0.3) is 0 Å². The molecule has 2 aromatic carbocycles. The number of halogens is 1. The second kappa shape index (κ2) is 8.81. The molecule has 3 aromatic rings. The first-order valence-electron chi connectivity index (χ1n) is 7.90. The predicted molar refractivity (Wildman–Crippen MR) is 103 cm³/mol. The largest absolute Gasteiger partial charge is 0.493 e. The van der Waals surface area contributed by atoms with Crippen LogP contribution in [0.1, 0.15) is 11.1 Å². The second-order valence-corrected chi connectivity index (χ2v) is 5.80. The number of hydrogen-bond acceptors (Lipinski definition) is 7. The normalized spacial score (nSPS) is 10.7. The van der Waals surface area contributed by atoms with Gasteiger partial charge in [0.15, 0.2) is 17.3 Å². The van der Waals surface area contributed by atoms with E-state index in [9.17, 15) is 4.79 Å². The number of H-pyrrole nitrogens is 1. The molecule has 8 nitrogen and oxygen atoms in total. The van der Waals surface area contributed by atoms with Crippen molar-refractivity contribution in [2.24, 2.45) is 5.10 Å². The Morgan fingerprint density at radius 1 is 1.22 bits per heavy atom. The average molecular weight is 386 g/mol. The molecule has 0 unspecified atom stereocenters. The lowest BCUT2D eigenvalue weighted by atomic mass is 10.2. The van der Waals surface area contributed by atoms with Gasteiger partial charge in [0.2, 0.25) is 0 Å². The van der Waals surface area contributed by atoms with Crippen LogP contribution in [-0.4, -0.2) is 28.5 Å². The minimum absolute atomic E-state index is 0.241. The van der Waals surface area contributed by atoms with Gasteiger partial charge in [-0.2, -0.15) is 15.2 Å². The van der Waals surface area contributed by atoms with Crippen LogP contribution in [-0.2, 0) is 6.61 Å². The third-order valence-corrected chi connectivity index (χ3v) is 3.71. The fourth-order valence-electron chi connectivity index (χ4n) is 2.16. The molecule has 0 bridgehead atoms. The maximum Gasteiger partial charge on any atom is 0.363 e. The van der Waals surface area contributed by atoms with Crippen LogP contribution in [0.5, 0.6) is 11.5 Å². The van der Waals surface area contributed by atoms with Gasteiger partial charge in [0, 0.05) is 5.02 Å². The van der Waals surface area contributed by atoms with Crippen LogP contribution in [0.3, 0.4) is 0 Å². The van der Waals surface area contributed by atoms with Crippen molar-refractivity contribution < 1.29 is 9.47 Å². The number of aromatic amines is 1. The summed E-state index contributed by atoms with van der Waals surface area (Å²) in [5.41, 5.74) is 3.84. The summed E-state index contributed by atoms with van der Waals surface area (Å²) < 4.78 is 11.2. The maximum absolute atomic E-state index is 11.1. The number of hydrogen-bond donors (Lipinski definition) is 2. The predicted octanol–water partition coefficient (Wildman–Crippen LogP) is 2.85. The summed E-state index contributed by atoms with van der Waals surface area (Å²) >= 11 is 5.88. The molecular formula is C18H16ClN5O3. The van der Waals surface area contributed by atoms with Gasteiger partial charge >= 0.3 is 5.69 Å². The molecule has 1 aromatic heterocycles. The van der Waals surface area contributed by atoms with Gasteiger partial charge in [-0.3, -0.25) is 5.43 Å². The van der Waals surface area contributed by atoms with Crippen LogP contribution >= 0.6 is 11.6 Å². The minimum atomic E-state index is -0.556. The zero-order valence-corrected chi connectivity index (χ0v) is 15.1. The smallest absolute Gasteiger partial charge is 0.363 e. The van der Waals surface area contributed by atoms with Crippen molar-refractivity contribution in [2.75, 3.05) is 12.5 Å². The van der Waals surface area contributed by atoms with E-state index in [1.807, 2.05) is 30.3 Å². The van der Waals surface area contributed by atoms with Crippen molar-refractivity contribution in [3.05, 3.63) is 75.3 Å². The number of rotatable bonds is 7. The van der Waals surface area contributed by atoms with Crippen LogP contribution < -0.4 is 20.6 Å². The quantitative estimate of drug-likeness (QED) is 0.479. The number of aromatic nitrogens is 3. The Morgan fingerprint density at radius 2 is 2.04 bits per heavy atom. The van der Waals surface area contributed by atoms with Gasteiger partial charge in [0.25, 0.3) is 0 Å². The van der Waals surface area contributed by atoms with Gasteiger partial charge in [0.05, 0.1) is 19.5 Å². The summed E-state index contributed by atoms with van der Waals surface area (Å²) in [5, 5.41) is 10.5. The third-order valence-electron chi connectivity index (χ3n) is 3.46. The molecule has 0 atom stereocenters. The molecule has 27 heavy (non-hydrogen) atoms. The number of benzene rings is 2. The molecule has 0 aliphatic rings. The van der Waals surface area contributed by atoms with Crippen LogP contribution in [0.2, 0.25) is 5.02 Å². The molecule has 0 radical (unpaired) electrons. The highest BCUT2D eigenvalue weighted by Crippen LogP contribution is 2.28. The maximum atomic E-state index is 11.1. The lowest BCUT2D eigenvalue weighted by Crippen LogP contribution is -2.13. The molecule has 2 N–H and O–H groups in total. The monoisotopic (exact) mass is 385 g/mol. The third kappa shape index (κ3) is 5.29. The van der Waals surface area contributed by atoms with E-state index < -0.39 is 5.69 Å². The SMILES string of the molecule is COc1cc(/C=N\Nc2cn[nH]c(=O)n2)ccc1OCc1ccc(Cl)cc1. The van der Waals surface area contributed by atoms with Crippen molar-refractivity contribution in [1.29, 1.82) is 0 Å². The highest BCUT2D eigenvalue weighted by atomic mass is 35.5. The van der Waals surface area contributed by atoms with Crippen LogP contribution in [0, 0.1) is 0 Å². The molecule has 0 aliphatic carbocycles. The molecule has 138 valence electrons. The Hall–Kier alpha value is -3.39. The molecule has 9 heteroatoms. The Balaban J connectivity index is 1.65. The Morgan fingerprint density at radius 3 is 2.78 bits per heavy atom. The summed E-state index contributed by atoms with van der Waals surface area (Å²) in [5.74, 6) is 1.42. The first kappa shape index (κ1) is 18.4. The van der Waals surface area contributed by atoms with E-state index in [1.165, 1.54) is 6.20 Å². The lowest BCUT2D eigenvalue weighted by molar-refractivity contribution is 0.284. The van der Waals surface area contributed by atoms with Crippen LogP contribution in [0.4, 0.5) is 5.82 Å². The first-order chi connectivity index (χ1) is 13.1. The molecule has 0 aliphatic heterocycles. The second-order valence-electron chi connectivity index (χ2n) is 5.37. The Kier molecular flexibility index (Phi) is 6.01. The summed E-state index contributed by atoms with van der Waals surface area (Å²) in [4.78, 5) is 14.7. The zero-order valence-electron chi connectivity index (χ0n) is 14.3. The molecule has 1 heterocycles. The number of hydrazone groups is 1.